The summed E-state index contributed by atoms with van der Waals surface area (Å²) >= 11 is 0. The highest BCUT2D eigenvalue weighted by Crippen LogP contribution is 2.40. The first-order chi connectivity index (χ1) is 40.0. The summed E-state index contributed by atoms with van der Waals surface area (Å²) in [5, 5.41) is 116. The van der Waals surface area contributed by atoms with Crippen molar-refractivity contribution in [2.75, 3.05) is 54.9 Å². The van der Waals surface area contributed by atoms with Gasteiger partial charge in [0.2, 0.25) is 18.9 Å². The maximum atomic E-state index is 14.0. The molecule has 0 aliphatic carbocycles. The van der Waals surface area contributed by atoms with Crippen LogP contribution in [0.1, 0.15) is 33.1 Å². The maximum Gasteiger partial charge on any atom is 0.337 e. The van der Waals surface area contributed by atoms with Crippen LogP contribution >= 0.6 is 0 Å². The molecule has 0 aromatic heterocycles. The fourth-order valence-corrected chi connectivity index (χ4v) is 9.77. The first-order valence-electron chi connectivity index (χ1n) is 26.0. The molecule has 6 heterocycles. The summed E-state index contributed by atoms with van der Waals surface area (Å²) in [7, 11) is 4.26. The lowest BCUT2D eigenvalue weighted by molar-refractivity contribution is -0.328. The highest BCUT2D eigenvalue weighted by atomic mass is 16.8. The Labute approximate surface area is 478 Å². The van der Waals surface area contributed by atoms with Gasteiger partial charge in [-0.3, -0.25) is 14.4 Å². The highest BCUT2D eigenvalue weighted by molar-refractivity contribution is 5.92. The normalized spacial score (nSPS) is 37.5. The summed E-state index contributed by atoms with van der Waals surface area (Å²) < 4.78 is 81.9. The van der Waals surface area contributed by atoms with Gasteiger partial charge in [0, 0.05) is 34.5 Å². The van der Waals surface area contributed by atoms with Crippen molar-refractivity contribution in [3.05, 3.63) is 70.5 Å². The van der Waals surface area contributed by atoms with E-state index in [1.807, 2.05) is 0 Å². The van der Waals surface area contributed by atoms with E-state index in [9.17, 15) is 84.9 Å². The molecule has 0 unspecified atom stereocenters. The van der Waals surface area contributed by atoms with E-state index in [-0.39, 0.29) is 34.3 Å². The van der Waals surface area contributed by atoms with Crippen LogP contribution in [0.15, 0.2) is 70.5 Å². The third-order valence-electron chi connectivity index (χ3n) is 14.5. The second kappa shape index (κ2) is 30.4. The van der Waals surface area contributed by atoms with Crippen LogP contribution in [0.4, 0.5) is 0 Å². The van der Waals surface area contributed by atoms with Gasteiger partial charge in [-0.05, 0) is 19.9 Å². The molecule has 0 saturated carbocycles. The van der Waals surface area contributed by atoms with Gasteiger partial charge in [-0.25, -0.2) is 14.4 Å². The average molecular weight is 1210 g/mol. The molecule has 470 valence electrons. The Morgan fingerprint density at radius 3 is 1.13 bits per heavy atom. The molecule has 0 amide bonds. The van der Waals surface area contributed by atoms with Gasteiger partial charge in [0.25, 0.3) is 0 Å². The second-order valence-corrected chi connectivity index (χ2v) is 19.4. The molecule has 21 atom stereocenters. The molecule has 0 aromatic rings. The van der Waals surface area contributed by atoms with E-state index in [4.69, 9.17) is 71.1 Å². The van der Waals surface area contributed by atoms with Gasteiger partial charge in [-0.1, -0.05) is 12.2 Å². The van der Waals surface area contributed by atoms with Crippen LogP contribution in [-0.2, 0) is 99.8 Å². The van der Waals surface area contributed by atoms with Crippen LogP contribution in [0.2, 0.25) is 0 Å². The Morgan fingerprint density at radius 1 is 0.440 bits per heavy atom. The van der Waals surface area contributed by atoms with Crippen LogP contribution in [0.3, 0.4) is 0 Å². The molecule has 32 nitrogen and oxygen atoms in total. The molecule has 0 aromatic carbocycles. The number of allylic oxidation sites excluding steroid dienone is 2. The Kier molecular flexibility index (Phi) is 24.3. The van der Waals surface area contributed by atoms with Gasteiger partial charge in [-0.2, -0.15) is 0 Å². The number of rotatable bonds is 21. The summed E-state index contributed by atoms with van der Waals surface area (Å²) in [5.74, 6) is -9.71. The molecule has 0 radical (unpaired) electrons. The number of hydrogen-bond acceptors (Lipinski definition) is 32. The molecule has 6 aliphatic rings. The number of ether oxygens (including phenoxy) is 15. The average Bonchev–Trinajstić information content (AvgIpc) is 3.68. The smallest absolute Gasteiger partial charge is 0.337 e. The van der Waals surface area contributed by atoms with Crippen molar-refractivity contribution in [3.8, 4) is 0 Å². The SMILES string of the molecule is C/C=C1\[C@H](O[C@@H]2O[C@H](CO)[C@@H](O)[C@H](O)[C@H]2O)OC=C(C(=O)OC)[C@H]1CC(=O)OC/C=C1\[C@H](O[C@@H]2O[C@H](CO)[C@@H](O)[C@H](O)[C@H]2O)OC=C(C(=O)OC)[C@H]1CC(=O)OC[C@H]1O[C@@H](O[C@@H]2OC=C(C(=O)OC)[C@@H](CC(=O)OC)/C2=C/C)[C@H](O)[C@@H](O)[C@@H]1O. The van der Waals surface area contributed by atoms with E-state index in [0.717, 1.165) is 53.3 Å². The molecule has 11 N–H and O–H groups in total. The van der Waals surface area contributed by atoms with Crippen LogP contribution < -0.4 is 0 Å². The van der Waals surface area contributed by atoms with Crippen molar-refractivity contribution in [2.45, 2.75) is 144 Å². The van der Waals surface area contributed by atoms with Gasteiger partial charge in [0.05, 0.1) is 96.4 Å². The maximum absolute atomic E-state index is 14.0. The molecule has 6 aliphatic heterocycles. The molecular formula is C52H70O32. The third-order valence-corrected chi connectivity index (χ3v) is 14.5. The van der Waals surface area contributed by atoms with Gasteiger partial charge in [0.15, 0.2) is 18.9 Å². The fourth-order valence-electron chi connectivity index (χ4n) is 9.77. The number of carbonyl (C=O) groups is 6. The van der Waals surface area contributed by atoms with E-state index in [2.05, 4.69) is 0 Å². The van der Waals surface area contributed by atoms with Gasteiger partial charge in [-0.15, -0.1) is 0 Å². The predicted octanol–water partition coefficient (Wildman–Crippen LogP) is -5.22. The number of methoxy groups -OCH3 is 4. The summed E-state index contributed by atoms with van der Waals surface area (Å²) in [6.45, 7) is -0.328. The zero-order valence-electron chi connectivity index (χ0n) is 46.0. The Bertz CT molecular complexity index is 2520. The summed E-state index contributed by atoms with van der Waals surface area (Å²) in [6, 6.07) is 0. The first kappa shape index (κ1) is 67.1. The Balaban J connectivity index is 1.24. The summed E-state index contributed by atoms with van der Waals surface area (Å²) in [6.07, 6.45) is -27.5. The van der Waals surface area contributed by atoms with Crippen LogP contribution in [0.5, 0.6) is 0 Å². The Morgan fingerprint density at radius 2 is 0.774 bits per heavy atom. The van der Waals surface area contributed by atoms with Gasteiger partial charge in [0.1, 0.15) is 86.5 Å². The van der Waals surface area contributed by atoms with Crippen molar-refractivity contribution in [3.63, 3.8) is 0 Å². The molecular weight excluding hydrogens is 1140 g/mol. The number of aliphatic hydroxyl groups is 11. The molecule has 32 heteroatoms. The minimum absolute atomic E-state index is 0.0600. The number of esters is 6. The number of carbonyl (C=O) groups excluding carboxylic acids is 6. The minimum Gasteiger partial charge on any atom is -0.469 e. The molecule has 3 fully saturated rings. The zero-order chi connectivity index (χ0) is 61.9. The zero-order valence-corrected chi connectivity index (χ0v) is 46.0. The van der Waals surface area contributed by atoms with E-state index >= 15 is 0 Å². The van der Waals surface area contributed by atoms with Crippen LogP contribution in [0, 0.1) is 17.8 Å². The van der Waals surface area contributed by atoms with E-state index in [1.54, 1.807) is 0 Å². The lowest BCUT2D eigenvalue weighted by Crippen LogP contribution is -2.60. The lowest BCUT2D eigenvalue weighted by atomic mass is 9.86. The van der Waals surface area contributed by atoms with Crippen molar-refractivity contribution < 1.29 is 156 Å². The monoisotopic (exact) mass is 1210 g/mol. The van der Waals surface area contributed by atoms with Crippen molar-refractivity contribution in [1.29, 1.82) is 0 Å². The predicted molar refractivity (Wildman–Crippen MR) is 266 cm³/mol. The lowest BCUT2D eigenvalue weighted by Gasteiger charge is -2.42. The van der Waals surface area contributed by atoms with Crippen LogP contribution in [0.25, 0.3) is 0 Å². The second-order valence-electron chi connectivity index (χ2n) is 19.4. The molecule has 6 rings (SSSR count). The highest BCUT2D eigenvalue weighted by Gasteiger charge is 2.51. The minimum atomic E-state index is -2.03. The molecule has 3 saturated heterocycles. The topological polar surface area (TPSA) is 463 Å². The first-order valence-corrected chi connectivity index (χ1v) is 26.0. The summed E-state index contributed by atoms with van der Waals surface area (Å²) in [4.78, 5) is 79.3. The van der Waals surface area contributed by atoms with Crippen molar-refractivity contribution in [2.24, 2.45) is 17.8 Å². The van der Waals surface area contributed by atoms with E-state index in [0.29, 0.717) is 0 Å². The summed E-state index contributed by atoms with van der Waals surface area (Å²) in [5.41, 5.74) is -0.763. The third kappa shape index (κ3) is 15.1. The van der Waals surface area contributed by atoms with Crippen LogP contribution in [-0.4, -0.2) is 258 Å². The molecule has 0 spiro atoms. The quantitative estimate of drug-likeness (QED) is 0.0291. The largest absolute Gasteiger partial charge is 0.469 e. The van der Waals surface area contributed by atoms with Gasteiger partial charge >= 0.3 is 35.8 Å². The van der Waals surface area contributed by atoms with E-state index < -0.39 is 209 Å². The fraction of sp³-hybridized carbons (Fsp3) is 0.654. The number of aliphatic hydroxyl groups excluding tert-OH is 11. The Hall–Kier alpha value is -6.02. The van der Waals surface area contributed by atoms with Gasteiger partial charge < -0.3 is 127 Å². The van der Waals surface area contributed by atoms with Crippen molar-refractivity contribution >= 4 is 35.8 Å². The van der Waals surface area contributed by atoms with E-state index in [1.165, 1.54) is 26.0 Å². The standard InChI is InChI=1S/C52H70O32/c1-7-20-23(11-32(55)70-3)26(44(67)71-4)16-76-47(20)83-52-43(66)40(63)37(60)31(81-52)19-75-34(57)13-25-22(49(78-18-28(25)46(69)73-6)84-51-42(65)39(62)36(59)30(15-54)80-51)9-10-74-33(56)12-24-21(8-2)48(77-17-27(24)45(68)72-5)82-50-41(64)38(61)35(58)29(14-53)79-50/h7-9,16-18,23-25,29-31,35-43,47-54,58-66H,10-15,19H2,1-6H3/b20-7-,21-8-,22-9-/t23-,24-,25-,29+,30+,31+,35+,36+,37+,38-,39-,40-,41+,42+,43+,47-,48-,49-,50-,51-,52-/m0/s1. The van der Waals surface area contributed by atoms with Crippen molar-refractivity contribution in [1.82, 2.24) is 0 Å². The molecule has 84 heavy (non-hydrogen) atoms. The number of hydrogen-bond donors (Lipinski definition) is 11. The molecule has 0 bridgehead atoms.